The standard InChI is InChI=1S/C13H4F13N/c14-8(15,7-3-1-2-6(4-7)5-27)9(16,17)10(18,19)11(20,21)12(22,23)13(24,25)26/h1-4H. The highest BCUT2D eigenvalue weighted by molar-refractivity contribution is 5.36. The Hall–Kier alpha value is -2.20. The van der Waals surface area contributed by atoms with E-state index in [-0.39, 0.29) is 12.1 Å². The molecule has 0 unspecified atom stereocenters. The van der Waals surface area contributed by atoms with Crippen molar-refractivity contribution in [3.8, 4) is 6.07 Å². The summed E-state index contributed by atoms with van der Waals surface area (Å²) < 4.78 is 169. The fourth-order valence-electron chi connectivity index (χ4n) is 1.73. The Labute approximate surface area is 141 Å². The van der Waals surface area contributed by atoms with Crippen molar-refractivity contribution in [2.75, 3.05) is 0 Å². The summed E-state index contributed by atoms with van der Waals surface area (Å²) in [4.78, 5) is 0. The van der Waals surface area contributed by atoms with Crippen LogP contribution >= 0.6 is 0 Å². The minimum absolute atomic E-state index is 0.0368. The Bertz CT molecular complexity index is 741. The number of rotatable bonds is 5. The van der Waals surface area contributed by atoms with E-state index < -0.39 is 46.9 Å². The first-order chi connectivity index (χ1) is 11.8. The van der Waals surface area contributed by atoms with E-state index in [1.165, 1.54) is 0 Å². The van der Waals surface area contributed by atoms with E-state index in [1.54, 1.807) is 0 Å². The molecular weight excluding hydrogens is 417 g/mol. The van der Waals surface area contributed by atoms with Crippen LogP contribution in [0.2, 0.25) is 0 Å². The lowest BCUT2D eigenvalue weighted by Gasteiger charge is -2.39. The lowest BCUT2D eigenvalue weighted by atomic mass is 9.90. The van der Waals surface area contributed by atoms with E-state index >= 15 is 0 Å². The first-order valence-corrected chi connectivity index (χ1v) is 6.25. The van der Waals surface area contributed by atoms with Crippen LogP contribution in [-0.4, -0.2) is 29.9 Å². The molecule has 27 heavy (non-hydrogen) atoms. The molecule has 0 spiro atoms. The molecule has 0 aliphatic heterocycles. The fourth-order valence-corrected chi connectivity index (χ4v) is 1.73. The molecule has 0 saturated carbocycles. The first-order valence-electron chi connectivity index (χ1n) is 6.25. The zero-order valence-corrected chi connectivity index (χ0v) is 12.2. The van der Waals surface area contributed by atoms with Crippen molar-refractivity contribution in [1.29, 1.82) is 5.26 Å². The van der Waals surface area contributed by atoms with Crippen molar-refractivity contribution in [1.82, 2.24) is 0 Å². The van der Waals surface area contributed by atoms with Crippen LogP contribution in [0.25, 0.3) is 0 Å². The summed E-state index contributed by atoms with van der Waals surface area (Å²) in [5.74, 6) is -37.3. The molecule has 0 aliphatic carbocycles. The van der Waals surface area contributed by atoms with Crippen LogP contribution in [0.4, 0.5) is 57.1 Å². The van der Waals surface area contributed by atoms with Crippen molar-refractivity contribution in [2.45, 2.75) is 35.8 Å². The lowest BCUT2D eigenvalue weighted by molar-refractivity contribution is -0.441. The number of alkyl halides is 13. The maximum atomic E-state index is 13.8. The van der Waals surface area contributed by atoms with Gasteiger partial charge in [-0.25, -0.2) is 0 Å². The molecule has 0 heterocycles. The van der Waals surface area contributed by atoms with Crippen molar-refractivity contribution < 1.29 is 57.1 Å². The molecule has 0 bridgehead atoms. The first kappa shape index (κ1) is 22.8. The molecule has 0 amide bonds. The largest absolute Gasteiger partial charge is 0.460 e. The minimum Gasteiger partial charge on any atom is -0.194 e. The molecule has 0 aromatic heterocycles. The van der Waals surface area contributed by atoms with Gasteiger partial charge in [-0.1, -0.05) is 12.1 Å². The number of nitrogens with zero attached hydrogens (tertiary/aromatic N) is 1. The van der Waals surface area contributed by atoms with Gasteiger partial charge in [0.05, 0.1) is 11.6 Å². The van der Waals surface area contributed by atoms with Gasteiger partial charge < -0.3 is 0 Å². The van der Waals surface area contributed by atoms with Crippen LogP contribution in [0.15, 0.2) is 24.3 Å². The van der Waals surface area contributed by atoms with Gasteiger partial charge >= 0.3 is 35.8 Å². The minimum atomic E-state index is -7.95. The summed E-state index contributed by atoms with van der Waals surface area (Å²) in [7, 11) is 0. The van der Waals surface area contributed by atoms with Crippen LogP contribution < -0.4 is 0 Å². The normalized spacial score (nSPS) is 14.8. The van der Waals surface area contributed by atoms with E-state index in [2.05, 4.69) is 0 Å². The third-order valence-corrected chi connectivity index (χ3v) is 3.29. The predicted octanol–water partition coefficient (Wildman–Crippen LogP) is 5.75. The van der Waals surface area contributed by atoms with Gasteiger partial charge in [0.25, 0.3) is 0 Å². The van der Waals surface area contributed by atoms with Crippen molar-refractivity contribution in [2.24, 2.45) is 0 Å². The number of benzene rings is 1. The Morgan fingerprint density at radius 2 is 1.07 bits per heavy atom. The second-order valence-electron chi connectivity index (χ2n) is 5.06. The highest BCUT2D eigenvalue weighted by Crippen LogP contribution is 2.62. The summed E-state index contributed by atoms with van der Waals surface area (Å²) in [5, 5.41) is 8.44. The predicted molar refractivity (Wildman–Crippen MR) is 60.9 cm³/mol. The maximum Gasteiger partial charge on any atom is 0.460 e. The molecular formula is C13H4F13N. The molecule has 1 rings (SSSR count). The van der Waals surface area contributed by atoms with Gasteiger partial charge in [-0.3, -0.25) is 0 Å². The fraction of sp³-hybridized carbons (Fsp3) is 0.462. The number of nitriles is 1. The van der Waals surface area contributed by atoms with Crippen molar-refractivity contribution in [3.05, 3.63) is 35.4 Å². The van der Waals surface area contributed by atoms with Gasteiger partial charge in [0.15, 0.2) is 0 Å². The highest BCUT2D eigenvalue weighted by atomic mass is 19.4. The Morgan fingerprint density at radius 1 is 0.630 bits per heavy atom. The van der Waals surface area contributed by atoms with Crippen LogP contribution in [0, 0.1) is 11.3 Å². The third kappa shape index (κ3) is 3.06. The molecule has 0 radical (unpaired) electrons. The van der Waals surface area contributed by atoms with E-state index in [0.29, 0.717) is 12.1 Å². The summed E-state index contributed by atoms with van der Waals surface area (Å²) in [5.41, 5.74) is -3.02. The van der Waals surface area contributed by atoms with Gasteiger partial charge in [0.2, 0.25) is 0 Å². The molecule has 0 atom stereocenters. The zero-order valence-electron chi connectivity index (χ0n) is 12.2. The van der Waals surface area contributed by atoms with Gasteiger partial charge in [-0.05, 0) is 12.1 Å². The average Bonchev–Trinajstić information content (AvgIpc) is 2.53. The lowest BCUT2D eigenvalue weighted by Crippen LogP contribution is -2.69. The second-order valence-corrected chi connectivity index (χ2v) is 5.06. The van der Waals surface area contributed by atoms with E-state index in [0.717, 1.165) is 6.07 Å². The number of halogens is 13. The highest BCUT2D eigenvalue weighted by Gasteiger charge is 2.90. The molecule has 1 aromatic carbocycles. The van der Waals surface area contributed by atoms with E-state index in [9.17, 15) is 57.1 Å². The van der Waals surface area contributed by atoms with E-state index in [1.807, 2.05) is 0 Å². The summed E-state index contributed by atoms with van der Waals surface area (Å²) in [6.45, 7) is 0. The van der Waals surface area contributed by atoms with Crippen LogP contribution in [0.1, 0.15) is 11.1 Å². The summed E-state index contributed by atoms with van der Waals surface area (Å²) in [6, 6.07) is 2.09. The van der Waals surface area contributed by atoms with Gasteiger partial charge in [-0.2, -0.15) is 62.3 Å². The maximum absolute atomic E-state index is 13.8. The monoisotopic (exact) mass is 421 g/mol. The van der Waals surface area contributed by atoms with Crippen LogP contribution in [0.3, 0.4) is 0 Å². The van der Waals surface area contributed by atoms with Gasteiger partial charge in [0.1, 0.15) is 0 Å². The Balaban J connectivity index is 3.61. The average molecular weight is 421 g/mol. The Morgan fingerprint density at radius 3 is 1.48 bits per heavy atom. The molecule has 0 N–H and O–H groups in total. The van der Waals surface area contributed by atoms with Gasteiger partial charge in [-0.15, -0.1) is 0 Å². The Kier molecular flexibility index (Phi) is 5.21. The molecule has 1 aromatic rings. The van der Waals surface area contributed by atoms with E-state index in [4.69, 9.17) is 5.26 Å². The summed E-state index contributed by atoms with van der Waals surface area (Å²) >= 11 is 0. The molecule has 0 fully saturated rings. The van der Waals surface area contributed by atoms with Crippen molar-refractivity contribution in [3.63, 3.8) is 0 Å². The number of hydrogen-bond acceptors (Lipinski definition) is 1. The molecule has 14 heteroatoms. The van der Waals surface area contributed by atoms with Crippen LogP contribution in [0.5, 0.6) is 0 Å². The zero-order chi connectivity index (χ0) is 21.7. The smallest absolute Gasteiger partial charge is 0.194 e. The molecule has 0 aliphatic rings. The number of hydrogen-bond donors (Lipinski definition) is 0. The molecule has 1 nitrogen and oxygen atoms in total. The molecule has 0 saturated heterocycles. The van der Waals surface area contributed by atoms with Crippen LogP contribution in [-0.2, 0) is 5.92 Å². The SMILES string of the molecule is N#Cc1cccc(C(F)(F)C(F)(F)C(F)(F)C(F)(F)C(F)(F)C(F)(F)F)c1. The van der Waals surface area contributed by atoms with Gasteiger partial charge in [0, 0.05) is 5.56 Å². The van der Waals surface area contributed by atoms with Crippen molar-refractivity contribution >= 4 is 0 Å². The molecule has 152 valence electrons. The third-order valence-electron chi connectivity index (χ3n) is 3.29. The quantitative estimate of drug-likeness (QED) is 0.556. The second kappa shape index (κ2) is 6.16. The topological polar surface area (TPSA) is 23.8 Å². The summed E-state index contributed by atoms with van der Waals surface area (Å²) in [6.07, 6.45) is -7.45.